The van der Waals surface area contributed by atoms with Crippen LogP contribution in [0.4, 0.5) is 0 Å². The van der Waals surface area contributed by atoms with Gasteiger partial charge in [0.15, 0.2) is 0 Å². The minimum Gasteiger partial charge on any atom is -0.339 e. The minimum absolute atomic E-state index is 0.0901. The van der Waals surface area contributed by atoms with Crippen LogP contribution in [0.25, 0.3) is 21.5 Å². The zero-order valence-electron chi connectivity index (χ0n) is 20.5. The van der Waals surface area contributed by atoms with Gasteiger partial charge in [0.05, 0.1) is 5.56 Å². The van der Waals surface area contributed by atoms with E-state index in [-0.39, 0.29) is 11.8 Å². The maximum absolute atomic E-state index is 13.8. The number of carbonyl (C=O) groups is 2. The van der Waals surface area contributed by atoms with Crippen molar-refractivity contribution in [3.63, 3.8) is 0 Å². The summed E-state index contributed by atoms with van der Waals surface area (Å²) in [6, 6.07) is 26.6. The summed E-state index contributed by atoms with van der Waals surface area (Å²) in [7, 11) is 0. The van der Waals surface area contributed by atoms with Crippen LogP contribution in [0.3, 0.4) is 0 Å². The van der Waals surface area contributed by atoms with Crippen LogP contribution < -0.4 is 0 Å². The van der Waals surface area contributed by atoms with Crippen molar-refractivity contribution >= 4 is 33.4 Å². The van der Waals surface area contributed by atoms with Crippen LogP contribution in [0, 0.1) is 0 Å². The van der Waals surface area contributed by atoms with Crippen LogP contribution in [0.1, 0.15) is 58.9 Å². The van der Waals surface area contributed by atoms with Crippen molar-refractivity contribution < 1.29 is 9.59 Å². The molecule has 1 heterocycles. The third-order valence-electron chi connectivity index (χ3n) is 7.42. The Morgan fingerprint density at radius 1 is 0.800 bits per heavy atom. The Morgan fingerprint density at radius 2 is 1.40 bits per heavy atom. The Kier molecular flexibility index (Phi) is 6.54. The fraction of sp³-hybridized carbons (Fsp3) is 0.290. The van der Waals surface area contributed by atoms with Gasteiger partial charge in [0.2, 0.25) is 0 Å². The molecule has 0 spiro atoms. The number of rotatable bonds is 5. The quantitative estimate of drug-likeness (QED) is 0.317. The lowest BCUT2D eigenvalue weighted by Gasteiger charge is -2.33. The first-order valence-corrected chi connectivity index (χ1v) is 12.7. The maximum atomic E-state index is 13.8. The SMILES string of the molecule is CCN(CC)C(=O)c1cccc(C2CCN(C(=O)c3c4ccccc4cc4ccccc34)CC2)c1. The first kappa shape index (κ1) is 23.1. The average Bonchev–Trinajstić information content (AvgIpc) is 2.92. The van der Waals surface area contributed by atoms with Gasteiger partial charge in [-0.1, -0.05) is 60.7 Å². The van der Waals surface area contributed by atoms with Crippen LogP contribution in [0.2, 0.25) is 0 Å². The molecule has 0 bridgehead atoms. The zero-order valence-corrected chi connectivity index (χ0v) is 20.5. The molecule has 1 aliphatic rings. The number of carbonyl (C=O) groups excluding carboxylic acids is 2. The summed E-state index contributed by atoms with van der Waals surface area (Å²) in [5.74, 6) is 0.557. The molecule has 0 aliphatic carbocycles. The van der Waals surface area contributed by atoms with Gasteiger partial charge >= 0.3 is 0 Å². The van der Waals surface area contributed by atoms with Gasteiger partial charge in [0.25, 0.3) is 11.8 Å². The van der Waals surface area contributed by atoms with E-state index in [0.29, 0.717) is 19.0 Å². The van der Waals surface area contributed by atoms with Crippen LogP contribution in [-0.4, -0.2) is 47.8 Å². The molecule has 5 rings (SSSR count). The van der Waals surface area contributed by atoms with Crippen molar-refractivity contribution in [3.05, 3.63) is 95.6 Å². The summed E-state index contributed by atoms with van der Waals surface area (Å²) in [6.45, 7) is 6.88. The number of piperidine rings is 1. The fourth-order valence-corrected chi connectivity index (χ4v) is 5.44. The largest absolute Gasteiger partial charge is 0.339 e. The highest BCUT2D eigenvalue weighted by Gasteiger charge is 2.27. The van der Waals surface area contributed by atoms with E-state index in [1.165, 1.54) is 5.56 Å². The summed E-state index contributed by atoms with van der Waals surface area (Å²) in [5, 5.41) is 4.22. The lowest BCUT2D eigenvalue weighted by atomic mass is 9.87. The first-order chi connectivity index (χ1) is 17.1. The Hall–Kier alpha value is -3.66. The second-order valence-corrected chi connectivity index (χ2v) is 9.36. The van der Waals surface area contributed by atoms with E-state index < -0.39 is 0 Å². The van der Waals surface area contributed by atoms with E-state index >= 15 is 0 Å². The Balaban J connectivity index is 1.37. The molecule has 4 heteroatoms. The molecular weight excluding hydrogens is 432 g/mol. The predicted octanol–water partition coefficient (Wildman–Crippen LogP) is 6.49. The van der Waals surface area contributed by atoms with Crippen molar-refractivity contribution in [3.8, 4) is 0 Å². The fourth-order valence-electron chi connectivity index (χ4n) is 5.44. The lowest BCUT2D eigenvalue weighted by molar-refractivity contribution is 0.0716. The molecule has 0 atom stereocenters. The highest BCUT2D eigenvalue weighted by molar-refractivity contribution is 6.18. The van der Waals surface area contributed by atoms with Gasteiger partial charge in [0.1, 0.15) is 0 Å². The number of benzene rings is 4. The zero-order chi connectivity index (χ0) is 24.4. The van der Waals surface area contributed by atoms with Gasteiger partial charge in [-0.25, -0.2) is 0 Å². The van der Waals surface area contributed by atoms with E-state index in [2.05, 4.69) is 42.5 Å². The van der Waals surface area contributed by atoms with Crippen molar-refractivity contribution in [2.45, 2.75) is 32.6 Å². The van der Waals surface area contributed by atoms with Gasteiger partial charge in [-0.3, -0.25) is 9.59 Å². The molecule has 4 aromatic carbocycles. The third kappa shape index (κ3) is 4.41. The molecule has 0 radical (unpaired) electrons. The number of fused-ring (bicyclic) bond motifs is 2. The lowest BCUT2D eigenvalue weighted by Crippen LogP contribution is -2.38. The summed E-state index contributed by atoms with van der Waals surface area (Å²) in [6.07, 6.45) is 1.80. The predicted molar refractivity (Wildman–Crippen MR) is 143 cm³/mol. The van der Waals surface area contributed by atoms with E-state index in [0.717, 1.165) is 58.6 Å². The molecule has 35 heavy (non-hydrogen) atoms. The van der Waals surface area contributed by atoms with Crippen molar-refractivity contribution in [2.75, 3.05) is 26.2 Å². The first-order valence-electron chi connectivity index (χ1n) is 12.7. The normalized spacial score (nSPS) is 14.4. The van der Waals surface area contributed by atoms with Gasteiger partial charge in [-0.05, 0) is 77.9 Å². The monoisotopic (exact) mass is 464 g/mol. The van der Waals surface area contributed by atoms with Crippen molar-refractivity contribution in [2.24, 2.45) is 0 Å². The summed E-state index contributed by atoms with van der Waals surface area (Å²) in [5.41, 5.74) is 2.77. The van der Waals surface area contributed by atoms with Gasteiger partial charge in [-0.15, -0.1) is 0 Å². The molecule has 178 valence electrons. The molecule has 0 N–H and O–H groups in total. The molecule has 2 amide bonds. The van der Waals surface area contributed by atoms with Crippen LogP contribution in [0.5, 0.6) is 0 Å². The molecule has 1 saturated heterocycles. The highest BCUT2D eigenvalue weighted by atomic mass is 16.2. The molecule has 4 nitrogen and oxygen atoms in total. The summed E-state index contributed by atoms with van der Waals surface area (Å²) >= 11 is 0. The van der Waals surface area contributed by atoms with Crippen molar-refractivity contribution in [1.82, 2.24) is 9.80 Å². The second kappa shape index (κ2) is 9.91. The Labute approximate surface area is 207 Å². The molecule has 0 aromatic heterocycles. The minimum atomic E-state index is 0.0901. The number of hydrogen-bond acceptors (Lipinski definition) is 2. The summed E-state index contributed by atoms with van der Waals surface area (Å²) in [4.78, 5) is 30.5. The van der Waals surface area contributed by atoms with Crippen molar-refractivity contribution in [1.29, 1.82) is 0 Å². The van der Waals surface area contributed by atoms with Gasteiger partial charge in [0, 0.05) is 31.7 Å². The molecule has 1 aliphatic heterocycles. The van der Waals surface area contributed by atoms with E-state index in [1.807, 2.05) is 60.0 Å². The third-order valence-corrected chi connectivity index (χ3v) is 7.42. The van der Waals surface area contributed by atoms with E-state index in [9.17, 15) is 9.59 Å². The number of nitrogens with zero attached hydrogens (tertiary/aromatic N) is 2. The Bertz CT molecular complexity index is 1330. The topological polar surface area (TPSA) is 40.6 Å². The number of hydrogen-bond donors (Lipinski definition) is 0. The van der Waals surface area contributed by atoms with Crippen LogP contribution in [0.15, 0.2) is 78.9 Å². The van der Waals surface area contributed by atoms with Gasteiger partial charge in [-0.2, -0.15) is 0 Å². The molecule has 4 aromatic rings. The average molecular weight is 465 g/mol. The standard InChI is InChI=1S/C31H32N2O2/c1-3-32(4-2)30(34)26-13-9-12-23(20-26)22-16-18-33(19-17-22)31(35)29-27-14-7-5-10-24(27)21-25-11-6-8-15-28(25)29/h5-15,20-22H,3-4,16-19H2,1-2H3. The molecule has 1 fully saturated rings. The number of amides is 2. The van der Waals surface area contributed by atoms with E-state index in [4.69, 9.17) is 0 Å². The van der Waals surface area contributed by atoms with Crippen LogP contribution >= 0.6 is 0 Å². The smallest absolute Gasteiger partial charge is 0.255 e. The molecular formula is C31H32N2O2. The van der Waals surface area contributed by atoms with Gasteiger partial charge < -0.3 is 9.80 Å². The number of likely N-dealkylation sites (tertiary alicyclic amines) is 1. The highest BCUT2D eigenvalue weighted by Crippen LogP contribution is 2.33. The Morgan fingerprint density at radius 3 is 2.00 bits per heavy atom. The van der Waals surface area contributed by atoms with E-state index in [1.54, 1.807) is 0 Å². The van der Waals surface area contributed by atoms with Crippen LogP contribution in [-0.2, 0) is 0 Å². The molecule has 0 saturated carbocycles. The maximum Gasteiger partial charge on any atom is 0.255 e. The second-order valence-electron chi connectivity index (χ2n) is 9.36. The molecule has 0 unspecified atom stereocenters. The summed E-state index contributed by atoms with van der Waals surface area (Å²) < 4.78 is 0.